The van der Waals surface area contributed by atoms with E-state index in [4.69, 9.17) is 4.74 Å². The van der Waals surface area contributed by atoms with Gasteiger partial charge in [-0.1, -0.05) is 46.3 Å². The molecule has 0 unspecified atom stereocenters. The molecule has 7 heteroatoms. The molecule has 2 aromatic rings. The fourth-order valence-corrected chi connectivity index (χ4v) is 2.61. The molecule has 0 heterocycles. The van der Waals surface area contributed by atoms with Crippen molar-refractivity contribution in [2.75, 3.05) is 13.7 Å². The highest BCUT2D eigenvalue weighted by Crippen LogP contribution is 2.30. The number of halogens is 1. The number of carbonyl (C=O) groups is 1. The molecule has 0 saturated carbocycles. The number of hydrogen-bond acceptors (Lipinski definition) is 4. The number of likely N-dealkylation sites (N-methyl/N-ethyl adjacent to an activating group) is 1. The Morgan fingerprint density at radius 2 is 1.96 bits per heavy atom. The summed E-state index contributed by atoms with van der Waals surface area (Å²) in [6.07, 6.45) is 0. The minimum atomic E-state index is -0.500. The number of aryl methyl sites for hydroxylation is 1. The average Bonchev–Trinajstić information content (AvgIpc) is 2.54. The summed E-state index contributed by atoms with van der Waals surface area (Å²) in [6.45, 7) is 1.79. The lowest BCUT2D eigenvalue weighted by molar-refractivity contribution is -0.386. The second-order valence-corrected chi connectivity index (χ2v) is 6.16. The van der Waals surface area contributed by atoms with Crippen LogP contribution in [0.25, 0.3) is 0 Å². The largest absolute Gasteiger partial charge is 0.477 e. The summed E-state index contributed by atoms with van der Waals surface area (Å²) >= 11 is 3.44. The van der Waals surface area contributed by atoms with E-state index in [9.17, 15) is 14.9 Å². The number of rotatable bonds is 6. The number of benzene rings is 2. The Morgan fingerprint density at radius 1 is 1.25 bits per heavy atom. The second-order valence-electron chi connectivity index (χ2n) is 5.31. The average molecular weight is 393 g/mol. The fourth-order valence-electron chi connectivity index (χ4n) is 2.20. The smallest absolute Gasteiger partial charge is 0.313 e. The van der Waals surface area contributed by atoms with Crippen molar-refractivity contribution in [2.45, 2.75) is 13.5 Å². The molecule has 2 aromatic carbocycles. The van der Waals surface area contributed by atoms with Gasteiger partial charge >= 0.3 is 5.69 Å². The maximum Gasteiger partial charge on any atom is 0.313 e. The number of nitro benzene ring substituents is 1. The van der Waals surface area contributed by atoms with E-state index in [0.717, 1.165) is 10.0 Å². The molecule has 1 amide bonds. The van der Waals surface area contributed by atoms with Gasteiger partial charge in [0.1, 0.15) is 0 Å². The quantitative estimate of drug-likeness (QED) is 0.554. The zero-order valence-electron chi connectivity index (χ0n) is 13.4. The van der Waals surface area contributed by atoms with E-state index in [2.05, 4.69) is 15.9 Å². The second kappa shape index (κ2) is 7.92. The van der Waals surface area contributed by atoms with E-state index in [1.165, 1.54) is 11.0 Å². The normalized spacial score (nSPS) is 10.3. The van der Waals surface area contributed by atoms with Crippen molar-refractivity contribution in [3.05, 3.63) is 68.2 Å². The zero-order valence-corrected chi connectivity index (χ0v) is 14.9. The van der Waals surface area contributed by atoms with E-state index >= 15 is 0 Å². The molecule has 0 aliphatic carbocycles. The molecule has 0 fully saturated rings. The van der Waals surface area contributed by atoms with E-state index in [-0.39, 0.29) is 24.0 Å². The van der Waals surface area contributed by atoms with Gasteiger partial charge in [-0.15, -0.1) is 0 Å². The topological polar surface area (TPSA) is 72.7 Å². The van der Waals surface area contributed by atoms with Gasteiger partial charge < -0.3 is 9.64 Å². The van der Waals surface area contributed by atoms with Gasteiger partial charge in [0.2, 0.25) is 0 Å². The molecule has 0 aliphatic rings. The van der Waals surface area contributed by atoms with Crippen molar-refractivity contribution in [2.24, 2.45) is 0 Å². The first-order valence-electron chi connectivity index (χ1n) is 7.24. The summed E-state index contributed by atoms with van der Waals surface area (Å²) < 4.78 is 6.30. The van der Waals surface area contributed by atoms with Crippen LogP contribution in [-0.2, 0) is 11.3 Å². The van der Waals surface area contributed by atoms with Gasteiger partial charge in [0.25, 0.3) is 5.91 Å². The highest BCUT2D eigenvalue weighted by atomic mass is 79.9. The zero-order chi connectivity index (χ0) is 17.7. The maximum absolute atomic E-state index is 12.2. The van der Waals surface area contributed by atoms with Crippen molar-refractivity contribution >= 4 is 27.5 Å². The Bertz CT molecular complexity index is 764. The number of nitrogens with zero attached hydrogens (tertiary/aromatic N) is 2. The summed E-state index contributed by atoms with van der Waals surface area (Å²) in [4.78, 5) is 24.4. The van der Waals surface area contributed by atoms with Crippen LogP contribution in [0.5, 0.6) is 5.75 Å². The molecule has 24 heavy (non-hydrogen) atoms. The van der Waals surface area contributed by atoms with Crippen LogP contribution in [0.4, 0.5) is 5.69 Å². The SMILES string of the molecule is Cc1cccc(OCC(=O)N(C)Cc2ccccc2Br)c1[N+](=O)[O-]. The molecule has 0 N–H and O–H groups in total. The van der Waals surface area contributed by atoms with Crippen LogP contribution in [0, 0.1) is 17.0 Å². The monoisotopic (exact) mass is 392 g/mol. The summed E-state index contributed by atoms with van der Waals surface area (Å²) in [7, 11) is 1.66. The molecular weight excluding hydrogens is 376 g/mol. The molecular formula is C17H17BrN2O4. The summed E-state index contributed by atoms with van der Waals surface area (Å²) in [5, 5.41) is 11.1. The maximum atomic E-state index is 12.2. The van der Waals surface area contributed by atoms with Gasteiger partial charge in [-0.3, -0.25) is 14.9 Å². The molecule has 0 radical (unpaired) electrons. The number of ether oxygens (including phenoxy) is 1. The molecule has 0 atom stereocenters. The lowest BCUT2D eigenvalue weighted by Gasteiger charge is -2.18. The number of nitro groups is 1. The first-order valence-corrected chi connectivity index (χ1v) is 8.03. The molecule has 2 rings (SSSR count). The van der Waals surface area contributed by atoms with Gasteiger partial charge in [-0.2, -0.15) is 0 Å². The lowest BCUT2D eigenvalue weighted by Crippen LogP contribution is -2.31. The predicted molar refractivity (Wildman–Crippen MR) is 93.9 cm³/mol. The van der Waals surface area contributed by atoms with Gasteiger partial charge in [0.05, 0.1) is 4.92 Å². The first kappa shape index (κ1) is 17.9. The van der Waals surface area contributed by atoms with Gasteiger partial charge in [-0.05, 0) is 24.6 Å². The van der Waals surface area contributed by atoms with Crippen LogP contribution in [0.2, 0.25) is 0 Å². The third kappa shape index (κ3) is 4.32. The van der Waals surface area contributed by atoms with Crippen molar-refractivity contribution in [1.29, 1.82) is 0 Å². The van der Waals surface area contributed by atoms with Gasteiger partial charge in [0, 0.05) is 23.6 Å². The van der Waals surface area contributed by atoms with Crippen LogP contribution in [-0.4, -0.2) is 29.4 Å². The third-order valence-corrected chi connectivity index (χ3v) is 4.30. The van der Waals surface area contributed by atoms with Crippen molar-refractivity contribution < 1.29 is 14.5 Å². The predicted octanol–water partition coefficient (Wildman–Crippen LogP) is 3.70. The number of amides is 1. The fraction of sp³-hybridized carbons (Fsp3) is 0.235. The van der Waals surface area contributed by atoms with Crippen molar-refractivity contribution in [3.8, 4) is 5.75 Å². The molecule has 126 valence electrons. The van der Waals surface area contributed by atoms with E-state index in [1.54, 1.807) is 26.1 Å². The van der Waals surface area contributed by atoms with Crippen LogP contribution in [0.15, 0.2) is 46.9 Å². The summed E-state index contributed by atoms with van der Waals surface area (Å²) in [5.74, 6) is -0.163. The third-order valence-electron chi connectivity index (χ3n) is 3.53. The standard InChI is InChI=1S/C17H17BrN2O4/c1-12-6-5-9-15(17(12)20(22)23)24-11-16(21)19(2)10-13-7-3-4-8-14(13)18/h3-9H,10-11H2,1-2H3. The highest BCUT2D eigenvalue weighted by Gasteiger charge is 2.20. The molecule has 0 saturated heterocycles. The molecule has 0 aliphatic heterocycles. The molecule has 0 spiro atoms. The molecule has 0 bridgehead atoms. The summed E-state index contributed by atoms with van der Waals surface area (Å²) in [5.41, 5.74) is 1.35. The Labute approximate surface area is 148 Å². The van der Waals surface area contributed by atoms with Crippen LogP contribution >= 0.6 is 15.9 Å². The summed E-state index contributed by atoms with van der Waals surface area (Å²) in [6, 6.07) is 12.4. The lowest BCUT2D eigenvalue weighted by atomic mass is 10.2. The van der Waals surface area contributed by atoms with E-state index in [1.807, 2.05) is 24.3 Å². The Kier molecular flexibility index (Phi) is 5.92. The number of hydrogen-bond donors (Lipinski definition) is 0. The van der Waals surface area contributed by atoms with E-state index in [0.29, 0.717) is 12.1 Å². The van der Waals surface area contributed by atoms with Gasteiger partial charge in [-0.25, -0.2) is 0 Å². The van der Waals surface area contributed by atoms with Crippen LogP contribution in [0.1, 0.15) is 11.1 Å². The van der Waals surface area contributed by atoms with Crippen molar-refractivity contribution in [3.63, 3.8) is 0 Å². The Hall–Kier alpha value is -2.41. The number of para-hydroxylation sites is 1. The minimum absolute atomic E-state index is 0.0997. The Balaban J connectivity index is 2.02. The van der Waals surface area contributed by atoms with Crippen molar-refractivity contribution in [1.82, 2.24) is 4.90 Å². The first-order chi connectivity index (χ1) is 11.4. The molecule has 6 nitrogen and oxygen atoms in total. The van der Waals surface area contributed by atoms with E-state index < -0.39 is 4.92 Å². The van der Waals surface area contributed by atoms with Gasteiger partial charge in [0.15, 0.2) is 12.4 Å². The Morgan fingerprint density at radius 3 is 2.62 bits per heavy atom. The highest BCUT2D eigenvalue weighted by molar-refractivity contribution is 9.10. The molecule has 0 aromatic heterocycles. The van der Waals surface area contributed by atoms with Crippen LogP contribution < -0.4 is 4.74 Å². The minimum Gasteiger partial charge on any atom is -0.477 e. The van der Waals surface area contributed by atoms with Crippen LogP contribution in [0.3, 0.4) is 0 Å². The number of carbonyl (C=O) groups excluding carboxylic acids is 1.